The quantitative estimate of drug-likeness (QED) is 0.427. The fourth-order valence-corrected chi connectivity index (χ4v) is 4.99. The van der Waals surface area contributed by atoms with Crippen molar-refractivity contribution in [1.82, 2.24) is 5.32 Å². The number of amides is 2. The molecule has 8 heteroatoms. The summed E-state index contributed by atoms with van der Waals surface area (Å²) in [6.07, 6.45) is 1.05. The molecule has 2 aliphatic rings. The lowest BCUT2D eigenvalue weighted by Crippen LogP contribution is -2.61. The smallest absolute Gasteiger partial charge is 0.408 e. The van der Waals surface area contributed by atoms with Crippen LogP contribution in [-0.4, -0.2) is 35.2 Å². The number of halogens is 1. The van der Waals surface area contributed by atoms with Crippen LogP contribution in [0.1, 0.15) is 46.7 Å². The molecule has 2 amide bonds. The summed E-state index contributed by atoms with van der Waals surface area (Å²) in [7, 11) is 0. The second kappa shape index (κ2) is 9.07. The van der Waals surface area contributed by atoms with Crippen LogP contribution in [0.3, 0.4) is 0 Å². The highest BCUT2D eigenvalue weighted by atomic mass is 35.5. The van der Waals surface area contributed by atoms with Gasteiger partial charge >= 0.3 is 12.1 Å². The Bertz CT molecular complexity index is 1290. The van der Waals surface area contributed by atoms with Gasteiger partial charge in [0.25, 0.3) is 0 Å². The van der Waals surface area contributed by atoms with Gasteiger partial charge in [0.15, 0.2) is 0 Å². The summed E-state index contributed by atoms with van der Waals surface area (Å²) in [5.74, 6) is -1.61. The van der Waals surface area contributed by atoms with Gasteiger partial charge in [-0.1, -0.05) is 60.1 Å². The van der Waals surface area contributed by atoms with Gasteiger partial charge in [0, 0.05) is 5.92 Å². The molecule has 0 saturated heterocycles. The number of anilines is 1. The molecule has 2 aliphatic carbocycles. The fraction of sp³-hybridized carbons (Fsp3) is 0.222. The summed E-state index contributed by atoms with van der Waals surface area (Å²) in [4.78, 5) is 36.9. The Morgan fingerprint density at radius 1 is 0.971 bits per heavy atom. The molecule has 0 heterocycles. The Morgan fingerprint density at radius 2 is 1.60 bits per heavy atom. The van der Waals surface area contributed by atoms with Crippen LogP contribution in [0, 0.1) is 0 Å². The normalized spacial score (nSPS) is 15.3. The molecule has 7 nitrogen and oxygen atoms in total. The number of hydrogen-bond acceptors (Lipinski definition) is 4. The summed E-state index contributed by atoms with van der Waals surface area (Å²) < 4.78 is 5.62. The zero-order valence-corrected chi connectivity index (χ0v) is 19.5. The lowest BCUT2D eigenvalue weighted by Gasteiger charge is -2.40. The van der Waals surface area contributed by atoms with Crippen LogP contribution in [0.15, 0.2) is 66.7 Å². The van der Waals surface area contributed by atoms with Gasteiger partial charge in [-0.2, -0.15) is 0 Å². The summed E-state index contributed by atoms with van der Waals surface area (Å²) >= 11 is 6.15. The van der Waals surface area contributed by atoms with Crippen LogP contribution in [0.5, 0.6) is 0 Å². The number of rotatable bonds is 6. The minimum atomic E-state index is -1.11. The number of benzene rings is 3. The summed E-state index contributed by atoms with van der Waals surface area (Å²) in [5, 5.41) is 14.7. The molecule has 178 valence electrons. The Hall–Kier alpha value is -3.84. The zero-order valence-electron chi connectivity index (χ0n) is 18.7. The van der Waals surface area contributed by atoms with Crippen molar-refractivity contribution in [3.63, 3.8) is 0 Å². The molecule has 0 unspecified atom stereocenters. The number of alkyl carbamates (subject to hydrolysis) is 1. The maximum Gasteiger partial charge on any atom is 0.408 e. The van der Waals surface area contributed by atoms with Crippen LogP contribution in [0.2, 0.25) is 5.02 Å². The summed E-state index contributed by atoms with van der Waals surface area (Å²) in [5.41, 5.74) is 3.69. The molecule has 3 N–H and O–H groups in total. The number of ether oxygens (including phenoxy) is 1. The van der Waals surface area contributed by atoms with Crippen molar-refractivity contribution in [2.24, 2.45) is 0 Å². The summed E-state index contributed by atoms with van der Waals surface area (Å²) in [6, 6.07) is 20.2. The van der Waals surface area contributed by atoms with E-state index >= 15 is 0 Å². The Morgan fingerprint density at radius 3 is 2.14 bits per heavy atom. The zero-order chi connectivity index (χ0) is 24.6. The number of carbonyl (C=O) groups is 3. The van der Waals surface area contributed by atoms with E-state index < -0.39 is 23.5 Å². The highest BCUT2D eigenvalue weighted by molar-refractivity contribution is 6.34. The van der Waals surface area contributed by atoms with Crippen LogP contribution in [0.4, 0.5) is 10.5 Å². The lowest BCUT2D eigenvalue weighted by atomic mass is 9.76. The van der Waals surface area contributed by atoms with E-state index in [0.29, 0.717) is 12.8 Å². The van der Waals surface area contributed by atoms with Crippen molar-refractivity contribution in [2.45, 2.75) is 30.7 Å². The van der Waals surface area contributed by atoms with Crippen molar-refractivity contribution in [1.29, 1.82) is 0 Å². The van der Waals surface area contributed by atoms with E-state index in [0.717, 1.165) is 28.7 Å². The monoisotopic (exact) mass is 490 g/mol. The number of carboxylic acid groups (broad SMARTS) is 1. The van der Waals surface area contributed by atoms with Gasteiger partial charge in [0.05, 0.1) is 16.3 Å². The number of aromatic carboxylic acids is 1. The van der Waals surface area contributed by atoms with Crippen molar-refractivity contribution in [2.75, 3.05) is 11.9 Å². The van der Waals surface area contributed by atoms with Gasteiger partial charge in [-0.25, -0.2) is 9.59 Å². The Labute approximate surface area is 207 Å². The van der Waals surface area contributed by atoms with Crippen molar-refractivity contribution < 1.29 is 24.2 Å². The molecule has 3 aromatic rings. The maximum atomic E-state index is 13.1. The van der Waals surface area contributed by atoms with Gasteiger partial charge in [-0.05, 0) is 59.7 Å². The summed E-state index contributed by atoms with van der Waals surface area (Å²) in [6.45, 7) is 0.153. The van der Waals surface area contributed by atoms with Crippen LogP contribution >= 0.6 is 11.6 Å². The van der Waals surface area contributed by atoms with Crippen molar-refractivity contribution >= 4 is 35.3 Å². The third-order valence-corrected chi connectivity index (χ3v) is 7.10. The second-order valence-electron chi connectivity index (χ2n) is 8.84. The van der Waals surface area contributed by atoms with E-state index in [4.69, 9.17) is 21.4 Å². The molecule has 0 atom stereocenters. The second-order valence-corrected chi connectivity index (χ2v) is 9.25. The van der Waals surface area contributed by atoms with Gasteiger partial charge in [-0.3, -0.25) is 4.79 Å². The minimum absolute atomic E-state index is 0.0168. The first-order chi connectivity index (χ1) is 16.9. The first-order valence-corrected chi connectivity index (χ1v) is 11.7. The topological polar surface area (TPSA) is 105 Å². The van der Waals surface area contributed by atoms with E-state index in [1.165, 1.54) is 18.2 Å². The van der Waals surface area contributed by atoms with Crippen LogP contribution < -0.4 is 10.6 Å². The highest BCUT2D eigenvalue weighted by Gasteiger charge is 2.46. The van der Waals surface area contributed by atoms with Gasteiger partial charge in [0.1, 0.15) is 12.1 Å². The highest BCUT2D eigenvalue weighted by Crippen LogP contribution is 2.44. The minimum Gasteiger partial charge on any atom is -0.478 e. The largest absolute Gasteiger partial charge is 0.478 e. The molecule has 0 bridgehead atoms. The van der Waals surface area contributed by atoms with E-state index in [-0.39, 0.29) is 28.8 Å². The van der Waals surface area contributed by atoms with Gasteiger partial charge < -0.3 is 20.5 Å². The third-order valence-electron chi connectivity index (χ3n) is 6.79. The van der Waals surface area contributed by atoms with E-state index in [1.54, 1.807) is 0 Å². The van der Waals surface area contributed by atoms with Crippen LogP contribution in [0.25, 0.3) is 11.1 Å². The van der Waals surface area contributed by atoms with E-state index in [2.05, 4.69) is 22.8 Å². The molecule has 5 rings (SSSR count). The molecule has 0 aliphatic heterocycles. The van der Waals surface area contributed by atoms with Crippen molar-refractivity contribution in [3.05, 3.63) is 88.4 Å². The number of fused-ring (bicyclic) bond motifs is 3. The third kappa shape index (κ3) is 4.23. The number of nitrogens with one attached hydrogen (secondary N) is 2. The first kappa shape index (κ1) is 22.9. The molecule has 35 heavy (non-hydrogen) atoms. The number of carboxylic acids is 1. The van der Waals surface area contributed by atoms with Gasteiger partial charge in [-0.15, -0.1) is 0 Å². The predicted molar refractivity (Wildman–Crippen MR) is 132 cm³/mol. The van der Waals surface area contributed by atoms with Gasteiger partial charge in [0.2, 0.25) is 5.91 Å². The number of hydrogen-bond donors (Lipinski definition) is 3. The lowest BCUT2D eigenvalue weighted by molar-refractivity contribution is -0.125. The Balaban J connectivity index is 1.26. The molecular formula is C27H23ClN2O5. The maximum absolute atomic E-state index is 13.1. The van der Waals surface area contributed by atoms with Crippen molar-refractivity contribution in [3.8, 4) is 11.1 Å². The predicted octanol–water partition coefficient (Wildman–Crippen LogP) is 5.44. The van der Waals surface area contributed by atoms with E-state index in [9.17, 15) is 14.4 Å². The number of carbonyl (C=O) groups excluding carboxylic acids is 2. The molecule has 0 aromatic heterocycles. The Kier molecular flexibility index (Phi) is 5.94. The van der Waals surface area contributed by atoms with E-state index in [1.807, 2.05) is 36.4 Å². The van der Waals surface area contributed by atoms with Crippen LogP contribution in [-0.2, 0) is 9.53 Å². The molecule has 1 fully saturated rings. The molecular weight excluding hydrogens is 468 g/mol. The molecule has 0 spiro atoms. The first-order valence-electron chi connectivity index (χ1n) is 11.4. The molecule has 3 aromatic carbocycles. The SMILES string of the molecule is O=C(NC1(C(=O)Nc2ccc(C(=O)O)cc2Cl)CCC1)OCC1c2ccccc2-c2ccccc21. The molecule has 1 saturated carbocycles. The fourth-order valence-electron chi connectivity index (χ4n) is 4.76. The standard InChI is InChI=1S/C27H23ClN2O5/c28-22-14-16(24(31)32)10-11-23(22)29-25(33)27(12-5-13-27)30-26(34)35-15-21-19-8-3-1-6-17(19)18-7-2-4-9-20(18)21/h1-4,6-11,14,21H,5,12-13,15H2,(H,29,33)(H,30,34)(H,31,32). The average molecular weight is 491 g/mol. The molecule has 0 radical (unpaired) electrons. The average Bonchev–Trinajstić information content (AvgIpc) is 3.15.